The minimum absolute atomic E-state index is 0.108. The second-order valence-corrected chi connectivity index (χ2v) is 8.08. The molecule has 4 amide bonds. The smallest absolute Gasteiger partial charge is 0.325 e. The lowest BCUT2D eigenvalue weighted by Crippen LogP contribution is -2.56. The lowest BCUT2D eigenvalue weighted by molar-refractivity contribution is -0.139. The average Bonchev–Trinajstić information content (AvgIpc) is 2.87. The van der Waals surface area contributed by atoms with Crippen LogP contribution in [0.4, 0.5) is 4.79 Å². The standard InChI is InChI=1S/C20H26ClN3O3/c1-14(2)24-18(26)20(22-19(24)27)10-12-23(13-11-20)17(25)5-3-4-15-6-8-16(21)9-7-15/h6-9,14H,3-5,10-13H2,1-2H3,(H,22,27). The van der Waals surface area contributed by atoms with E-state index < -0.39 is 5.54 Å². The molecule has 1 aromatic carbocycles. The number of nitrogens with zero attached hydrogens (tertiary/aromatic N) is 2. The highest BCUT2D eigenvalue weighted by atomic mass is 35.5. The number of piperidine rings is 1. The van der Waals surface area contributed by atoms with Crippen molar-refractivity contribution in [1.82, 2.24) is 15.1 Å². The van der Waals surface area contributed by atoms with Gasteiger partial charge in [0.15, 0.2) is 0 Å². The van der Waals surface area contributed by atoms with E-state index in [1.54, 1.807) is 0 Å². The van der Waals surface area contributed by atoms with Crippen molar-refractivity contribution in [2.45, 2.75) is 57.5 Å². The molecule has 0 saturated carbocycles. The van der Waals surface area contributed by atoms with Crippen LogP contribution in [-0.4, -0.2) is 52.3 Å². The number of rotatable bonds is 5. The maximum Gasteiger partial charge on any atom is 0.325 e. The number of halogens is 1. The fourth-order valence-corrected chi connectivity index (χ4v) is 3.97. The van der Waals surface area contributed by atoms with Crippen molar-refractivity contribution in [3.05, 3.63) is 34.9 Å². The number of carbonyl (C=O) groups is 3. The summed E-state index contributed by atoms with van der Waals surface area (Å²) in [6, 6.07) is 7.19. The van der Waals surface area contributed by atoms with Crippen molar-refractivity contribution in [2.75, 3.05) is 13.1 Å². The van der Waals surface area contributed by atoms with Crippen molar-refractivity contribution >= 4 is 29.4 Å². The monoisotopic (exact) mass is 391 g/mol. The van der Waals surface area contributed by atoms with Crippen molar-refractivity contribution in [3.8, 4) is 0 Å². The van der Waals surface area contributed by atoms with Crippen molar-refractivity contribution in [2.24, 2.45) is 0 Å². The molecule has 1 aromatic rings. The van der Waals surface area contributed by atoms with Gasteiger partial charge >= 0.3 is 6.03 Å². The Bertz CT molecular complexity index is 724. The Morgan fingerprint density at radius 1 is 1.19 bits per heavy atom. The van der Waals surface area contributed by atoms with Crippen LogP contribution >= 0.6 is 11.6 Å². The van der Waals surface area contributed by atoms with Crippen LogP contribution in [0.1, 0.15) is 45.1 Å². The van der Waals surface area contributed by atoms with Gasteiger partial charge in [0, 0.05) is 30.6 Å². The van der Waals surface area contributed by atoms with Gasteiger partial charge in [-0.2, -0.15) is 0 Å². The number of urea groups is 1. The number of amides is 4. The Kier molecular flexibility index (Phi) is 5.75. The molecular weight excluding hydrogens is 366 g/mol. The van der Waals surface area contributed by atoms with E-state index in [1.807, 2.05) is 43.0 Å². The molecule has 2 fully saturated rings. The third-order valence-electron chi connectivity index (χ3n) is 5.45. The average molecular weight is 392 g/mol. The molecule has 0 aliphatic carbocycles. The second-order valence-electron chi connectivity index (χ2n) is 7.64. The van der Waals surface area contributed by atoms with E-state index >= 15 is 0 Å². The highest BCUT2D eigenvalue weighted by Gasteiger charge is 2.53. The second kappa shape index (κ2) is 7.89. The Morgan fingerprint density at radius 2 is 1.81 bits per heavy atom. The Balaban J connectivity index is 1.49. The molecular formula is C20H26ClN3O3. The summed E-state index contributed by atoms with van der Waals surface area (Å²) >= 11 is 5.88. The molecule has 2 saturated heterocycles. The first-order chi connectivity index (χ1) is 12.8. The molecule has 0 unspecified atom stereocenters. The van der Waals surface area contributed by atoms with Crippen LogP contribution in [0.15, 0.2) is 24.3 Å². The van der Waals surface area contributed by atoms with Crippen molar-refractivity contribution in [3.63, 3.8) is 0 Å². The van der Waals surface area contributed by atoms with Gasteiger partial charge in [-0.1, -0.05) is 23.7 Å². The number of hydrogen-bond acceptors (Lipinski definition) is 3. The number of aryl methyl sites for hydroxylation is 1. The van der Waals surface area contributed by atoms with Gasteiger partial charge in [0.05, 0.1) is 0 Å². The Labute approximate surface area is 164 Å². The lowest BCUT2D eigenvalue weighted by Gasteiger charge is -2.37. The van der Waals surface area contributed by atoms with Gasteiger partial charge in [-0.05, 0) is 57.2 Å². The van der Waals surface area contributed by atoms with Gasteiger partial charge in [0.1, 0.15) is 5.54 Å². The highest BCUT2D eigenvalue weighted by Crippen LogP contribution is 2.30. The molecule has 1 N–H and O–H groups in total. The molecule has 0 bridgehead atoms. The summed E-state index contributed by atoms with van der Waals surface area (Å²) in [5.41, 5.74) is 0.333. The van der Waals surface area contributed by atoms with Crippen molar-refractivity contribution < 1.29 is 14.4 Å². The summed E-state index contributed by atoms with van der Waals surface area (Å²) in [6.45, 7) is 4.65. The topological polar surface area (TPSA) is 69.7 Å². The molecule has 2 aliphatic heterocycles. The number of nitrogens with one attached hydrogen (secondary N) is 1. The molecule has 0 aromatic heterocycles. The Hall–Kier alpha value is -2.08. The van der Waals surface area contributed by atoms with Gasteiger partial charge in [-0.25, -0.2) is 4.79 Å². The van der Waals surface area contributed by atoms with E-state index in [9.17, 15) is 14.4 Å². The minimum atomic E-state index is -0.832. The van der Waals surface area contributed by atoms with Crippen LogP contribution in [-0.2, 0) is 16.0 Å². The van der Waals surface area contributed by atoms with Crippen LogP contribution in [0.3, 0.4) is 0 Å². The predicted octanol–water partition coefficient (Wildman–Crippen LogP) is 2.98. The molecule has 2 aliphatic rings. The fourth-order valence-electron chi connectivity index (χ4n) is 3.84. The summed E-state index contributed by atoms with van der Waals surface area (Å²) in [5, 5.41) is 3.58. The van der Waals surface area contributed by atoms with Crippen LogP contribution in [0.25, 0.3) is 0 Å². The summed E-state index contributed by atoms with van der Waals surface area (Å²) in [7, 11) is 0. The normalized spacial score (nSPS) is 19.1. The van der Waals surface area contributed by atoms with Crippen LogP contribution < -0.4 is 5.32 Å². The molecule has 1 spiro atoms. The third kappa shape index (κ3) is 4.10. The SMILES string of the molecule is CC(C)N1C(=O)NC2(CCN(C(=O)CCCc3ccc(Cl)cc3)CC2)C1=O. The molecule has 3 rings (SSSR count). The number of benzene rings is 1. The van der Waals surface area contributed by atoms with E-state index in [2.05, 4.69) is 5.32 Å². The van der Waals surface area contributed by atoms with Crippen LogP contribution in [0.2, 0.25) is 5.02 Å². The molecule has 146 valence electrons. The molecule has 7 heteroatoms. The lowest BCUT2D eigenvalue weighted by atomic mass is 9.87. The summed E-state index contributed by atoms with van der Waals surface area (Å²) in [6.07, 6.45) is 3.04. The van der Waals surface area contributed by atoms with Gasteiger partial charge in [0.25, 0.3) is 5.91 Å². The number of hydrogen-bond donors (Lipinski definition) is 1. The zero-order valence-electron chi connectivity index (χ0n) is 15.8. The Morgan fingerprint density at radius 3 is 2.37 bits per heavy atom. The number of carbonyl (C=O) groups excluding carboxylic acids is 3. The maximum absolute atomic E-state index is 12.7. The molecule has 0 atom stereocenters. The maximum atomic E-state index is 12.7. The zero-order valence-corrected chi connectivity index (χ0v) is 16.6. The summed E-state index contributed by atoms with van der Waals surface area (Å²) < 4.78 is 0. The van der Waals surface area contributed by atoms with E-state index in [-0.39, 0.29) is 23.9 Å². The minimum Gasteiger partial charge on any atom is -0.342 e. The first kappa shape index (κ1) is 19.7. The van der Waals surface area contributed by atoms with Gasteiger partial charge < -0.3 is 10.2 Å². The molecule has 0 radical (unpaired) electrons. The fraction of sp³-hybridized carbons (Fsp3) is 0.550. The van der Waals surface area contributed by atoms with E-state index in [0.717, 1.165) is 18.4 Å². The van der Waals surface area contributed by atoms with Crippen LogP contribution in [0.5, 0.6) is 0 Å². The van der Waals surface area contributed by atoms with Gasteiger partial charge in [-0.15, -0.1) is 0 Å². The highest BCUT2D eigenvalue weighted by molar-refractivity contribution is 6.30. The van der Waals surface area contributed by atoms with E-state index in [4.69, 9.17) is 11.6 Å². The summed E-state index contributed by atoms with van der Waals surface area (Å²) in [4.78, 5) is 40.4. The quantitative estimate of drug-likeness (QED) is 0.784. The van der Waals surface area contributed by atoms with Crippen molar-refractivity contribution in [1.29, 1.82) is 0 Å². The van der Waals surface area contributed by atoms with Gasteiger partial charge in [0.2, 0.25) is 5.91 Å². The largest absolute Gasteiger partial charge is 0.342 e. The first-order valence-electron chi connectivity index (χ1n) is 9.50. The number of likely N-dealkylation sites (tertiary alicyclic amines) is 1. The van der Waals surface area contributed by atoms with Crippen LogP contribution in [0, 0.1) is 0 Å². The van der Waals surface area contributed by atoms with Gasteiger partial charge in [-0.3, -0.25) is 14.5 Å². The number of imide groups is 1. The molecule has 2 heterocycles. The molecule has 27 heavy (non-hydrogen) atoms. The first-order valence-corrected chi connectivity index (χ1v) is 9.88. The third-order valence-corrected chi connectivity index (χ3v) is 5.70. The van der Waals surface area contributed by atoms with E-state index in [1.165, 1.54) is 4.90 Å². The predicted molar refractivity (Wildman–Crippen MR) is 103 cm³/mol. The molecule has 6 nitrogen and oxygen atoms in total. The zero-order chi connectivity index (χ0) is 19.6. The summed E-state index contributed by atoms with van der Waals surface area (Å²) in [5.74, 6) is -0.0476. The van der Waals surface area contributed by atoms with E-state index in [0.29, 0.717) is 37.4 Å².